The SMILES string of the molecule is C=C(OC(=O)c1ccccc1)C(=O)OC. The van der Waals surface area contributed by atoms with Crippen LogP contribution in [0, 0.1) is 0 Å². The molecule has 0 bridgehead atoms. The van der Waals surface area contributed by atoms with Crippen molar-refractivity contribution in [3.8, 4) is 0 Å². The highest BCUT2D eigenvalue weighted by atomic mass is 16.6. The summed E-state index contributed by atoms with van der Waals surface area (Å²) in [5.41, 5.74) is 0.350. The van der Waals surface area contributed by atoms with E-state index in [1.807, 2.05) is 0 Å². The molecular weight excluding hydrogens is 196 g/mol. The van der Waals surface area contributed by atoms with Gasteiger partial charge in [0.05, 0.1) is 12.7 Å². The van der Waals surface area contributed by atoms with E-state index in [-0.39, 0.29) is 5.76 Å². The third-order valence-electron chi connectivity index (χ3n) is 1.64. The maximum Gasteiger partial charge on any atom is 0.373 e. The van der Waals surface area contributed by atoms with Crippen molar-refractivity contribution in [2.24, 2.45) is 0 Å². The van der Waals surface area contributed by atoms with Crippen LogP contribution in [0.1, 0.15) is 10.4 Å². The van der Waals surface area contributed by atoms with Gasteiger partial charge in [0.2, 0.25) is 5.76 Å². The molecule has 4 heteroatoms. The lowest BCUT2D eigenvalue weighted by Crippen LogP contribution is -2.12. The number of hydrogen-bond donors (Lipinski definition) is 0. The van der Waals surface area contributed by atoms with Gasteiger partial charge >= 0.3 is 11.9 Å². The molecule has 0 saturated heterocycles. The van der Waals surface area contributed by atoms with Crippen LogP contribution in [0.15, 0.2) is 42.7 Å². The predicted octanol–water partition coefficient (Wildman–Crippen LogP) is 1.53. The number of carbonyl (C=O) groups is 2. The van der Waals surface area contributed by atoms with Crippen LogP contribution in [0.2, 0.25) is 0 Å². The summed E-state index contributed by atoms with van der Waals surface area (Å²) in [4.78, 5) is 22.3. The third kappa shape index (κ3) is 2.95. The topological polar surface area (TPSA) is 52.6 Å². The molecule has 0 saturated carbocycles. The Morgan fingerprint density at radius 1 is 1.20 bits per heavy atom. The van der Waals surface area contributed by atoms with Crippen LogP contribution in [0.4, 0.5) is 0 Å². The first-order chi connectivity index (χ1) is 7.15. The van der Waals surface area contributed by atoms with Crippen LogP contribution in [0.3, 0.4) is 0 Å². The van der Waals surface area contributed by atoms with Gasteiger partial charge in [-0.2, -0.15) is 0 Å². The average Bonchev–Trinajstić information content (AvgIpc) is 2.29. The molecule has 15 heavy (non-hydrogen) atoms. The van der Waals surface area contributed by atoms with Gasteiger partial charge in [0.1, 0.15) is 0 Å². The molecule has 4 nitrogen and oxygen atoms in total. The normalized spacial score (nSPS) is 9.13. The van der Waals surface area contributed by atoms with Gasteiger partial charge in [-0.25, -0.2) is 9.59 Å². The highest BCUT2D eigenvalue weighted by molar-refractivity contribution is 5.95. The van der Waals surface area contributed by atoms with E-state index in [2.05, 4.69) is 16.1 Å². The number of ether oxygens (including phenoxy) is 2. The number of hydrogen-bond acceptors (Lipinski definition) is 4. The Balaban J connectivity index is 2.65. The fourth-order valence-corrected chi connectivity index (χ4v) is 0.901. The van der Waals surface area contributed by atoms with Crippen molar-refractivity contribution in [2.45, 2.75) is 0 Å². The summed E-state index contributed by atoms with van der Waals surface area (Å²) in [6.45, 7) is 3.27. The van der Waals surface area contributed by atoms with Gasteiger partial charge in [0.15, 0.2) is 0 Å². The predicted molar refractivity (Wildman–Crippen MR) is 53.0 cm³/mol. The summed E-state index contributed by atoms with van der Waals surface area (Å²) in [6, 6.07) is 8.31. The molecule has 0 atom stereocenters. The van der Waals surface area contributed by atoms with Crippen LogP contribution < -0.4 is 0 Å². The number of methoxy groups -OCH3 is 1. The number of carbonyl (C=O) groups excluding carboxylic acids is 2. The zero-order valence-corrected chi connectivity index (χ0v) is 8.23. The van der Waals surface area contributed by atoms with E-state index >= 15 is 0 Å². The molecule has 0 heterocycles. The zero-order valence-electron chi connectivity index (χ0n) is 8.23. The van der Waals surface area contributed by atoms with Gasteiger partial charge in [0.25, 0.3) is 0 Å². The van der Waals surface area contributed by atoms with Crippen molar-refractivity contribution in [2.75, 3.05) is 7.11 Å². The number of benzene rings is 1. The molecule has 0 aliphatic rings. The minimum absolute atomic E-state index is 0.327. The van der Waals surface area contributed by atoms with E-state index in [0.717, 1.165) is 0 Å². The first kappa shape index (κ1) is 11.0. The van der Waals surface area contributed by atoms with E-state index in [4.69, 9.17) is 0 Å². The minimum Gasteiger partial charge on any atom is -0.463 e. The van der Waals surface area contributed by atoms with E-state index < -0.39 is 11.9 Å². The maximum absolute atomic E-state index is 11.4. The quantitative estimate of drug-likeness (QED) is 0.427. The van der Waals surface area contributed by atoms with Gasteiger partial charge in [0, 0.05) is 0 Å². The molecule has 0 radical (unpaired) electrons. The molecule has 0 unspecified atom stereocenters. The fourth-order valence-electron chi connectivity index (χ4n) is 0.901. The number of rotatable bonds is 3. The monoisotopic (exact) mass is 206 g/mol. The molecule has 0 aromatic heterocycles. The van der Waals surface area contributed by atoms with Crippen LogP contribution in [0.25, 0.3) is 0 Å². The van der Waals surface area contributed by atoms with Gasteiger partial charge in [-0.15, -0.1) is 0 Å². The maximum atomic E-state index is 11.4. The third-order valence-corrected chi connectivity index (χ3v) is 1.64. The molecule has 0 fully saturated rings. The Bertz CT molecular complexity index is 381. The highest BCUT2D eigenvalue weighted by Gasteiger charge is 2.14. The highest BCUT2D eigenvalue weighted by Crippen LogP contribution is 2.05. The van der Waals surface area contributed by atoms with Crippen molar-refractivity contribution < 1.29 is 19.1 Å². The van der Waals surface area contributed by atoms with Crippen molar-refractivity contribution in [3.05, 3.63) is 48.2 Å². The fraction of sp³-hybridized carbons (Fsp3) is 0.0909. The summed E-state index contributed by atoms with van der Waals surface area (Å²) in [5, 5.41) is 0. The lowest BCUT2D eigenvalue weighted by atomic mass is 10.2. The Morgan fingerprint density at radius 2 is 1.80 bits per heavy atom. The molecule has 0 spiro atoms. The lowest BCUT2D eigenvalue weighted by Gasteiger charge is -2.04. The van der Waals surface area contributed by atoms with Crippen molar-refractivity contribution in [3.63, 3.8) is 0 Å². The van der Waals surface area contributed by atoms with Gasteiger partial charge in [-0.1, -0.05) is 18.2 Å². The van der Waals surface area contributed by atoms with Gasteiger partial charge in [-0.3, -0.25) is 0 Å². The smallest absolute Gasteiger partial charge is 0.373 e. The lowest BCUT2D eigenvalue weighted by molar-refractivity contribution is -0.139. The van der Waals surface area contributed by atoms with E-state index in [1.165, 1.54) is 7.11 Å². The molecule has 1 rings (SSSR count). The van der Waals surface area contributed by atoms with Crippen molar-refractivity contribution >= 4 is 11.9 Å². The summed E-state index contributed by atoms with van der Waals surface area (Å²) < 4.78 is 9.01. The first-order valence-electron chi connectivity index (χ1n) is 4.19. The second-order valence-corrected chi connectivity index (χ2v) is 2.67. The molecular formula is C11H10O4. The van der Waals surface area contributed by atoms with Crippen LogP contribution in [-0.2, 0) is 14.3 Å². The summed E-state index contributed by atoms with van der Waals surface area (Å²) in [6.07, 6.45) is 0. The molecule has 1 aromatic rings. The molecule has 1 aromatic carbocycles. The molecule has 78 valence electrons. The average molecular weight is 206 g/mol. The van der Waals surface area contributed by atoms with E-state index in [1.54, 1.807) is 30.3 Å². The van der Waals surface area contributed by atoms with Crippen molar-refractivity contribution in [1.29, 1.82) is 0 Å². The molecule has 0 N–H and O–H groups in total. The van der Waals surface area contributed by atoms with Crippen LogP contribution in [0.5, 0.6) is 0 Å². The Kier molecular flexibility index (Phi) is 3.62. The molecule has 0 aliphatic heterocycles. The summed E-state index contributed by atoms with van der Waals surface area (Å²) in [5.74, 6) is -1.73. The van der Waals surface area contributed by atoms with E-state index in [9.17, 15) is 9.59 Å². The standard InChI is InChI=1S/C11H10O4/c1-8(10(12)14-2)15-11(13)9-6-4-3-5-7-9/h3-7H,1H2,2H3. The van der Waals surface area contributed by atoms with E-state index in [0.29, 0.717) is 5.56 Å². The summed E-state index contributed by atoms with van der Waals surface area (Å²) >= 11 is 0. The number of esters is 2. The summed E-state index contributed by atoms with van der Waals surface area (Å²) in [7, 11) is 1.18. The van der Waals surface area contributed by atoms with Crippen LogP contribution in [-0.4, -0.2) is 19.0 Å². The van der Waals surface area contributed by atoms with Gasteiger partial charge in [-0.05, 0) is 18.7 Å². The van der Waals surface area contributed by atoms with Crippen molar-refractivity contribution in [1.82, 2.24) is 0 Å². The molecule has 0 amide bonds. The largest absolute Gasteiger partial charge is 0.463 e. The Morgan fingerprint density at radius 3 is 2.33 bits per heavy atom. The van der Waals surface area contributed by atoms with Gasteiger partial charge < -0.3 is 9.47 Å². The molecule has 0 aliphatic carbocycles. The van der Waals surface area contributed by atoms with Crippen LogP contribution >= 0.6 is 0 Å². The first-order valence-corrected chi connectivity index (χ1v) is 4.19. The second kappa shape index (κ2) is 4.95. The Hall–Kier alpha value is -2.10. The second-order valence-electron chi connectivity index (χ2n) is 2.67. The zero-order chi connectivity index (χ0) is 11.3. The minimum atomic E-state index is -0.765. The Labute approximate surface area is 87.1 Å².